The van der Waals surface area contributed by atoms with Crippen LogP contribution in [0.1, 0.15) is 19.3 Å². The van der Waals surface area contributed by atoms with Gasteiger partial charge in [-0.2, -0.15) is 26.3 Å². The molecule has 0 aliphatic carbocycles. The van der Waals surface area contributed by atoms with Crippen molar-refractivity contribution in [3.63, 3.8) is 0 Å². The van der Waals surface area contributed by atoms with E-state index >= 15 is 0 Å². The largest absolute Gasteiger partial charge is 0.420 e. The number of halogens is 12. The number of hydrogen-bond acceptors (Lipinski definition) is 10. The maximum Gasteiger partial charge on any atom is 0.313 e. The van der Waals surface area contributed by atoms with E-state index in [-0.39, 0.29) is 18.2 Å². The number of esters is 3. The standard InChI is InChI=1S/C31H23F12NO9/c32-13-7-14(33)23(39)28(22(13)38)51-19(45)1-4-48-10-31(44,11-49-5-2-20(46)52-29-24(40)15(34)8-16(35)25(29)41)12-50-6-3-21(47)53-30-26(42)17(36)9-18(37)27(30)43/h7-9H,1-6,10-12,44H2. The van der Waals surface area contributed by atoms with Crippen molar-refractivity contribution in [3.05, 3.63) is 88.0 Å². The number of nitrogens with two attached hydrogens (primary N) is 1. The highest BCUT2D eigenvalue weighted by Gasteiger charge is 2.29. The first-order valence-corrected chi connectivity index (χ1v) is 14.5. The molecule has 290 valence electrons. The molecule has 0 unspecified atom stereocenters. The molecule has 0 amide bonds. The Balaban J connectivity index is 1.57. The summed E-state index contributed by atoms with van der Waals surface area (Å²) in [6.45, 7) is -3.86. The molecule has 3 aromatic rings. The minimum Gasteiger partial charge on any atom is -0.420 e. The summed E-state index contributed by atoms with van der Waals surface area (Å²) in [5.41, 5.74) is 4.36. The van der Waals surface area contributed by atoms with Gasteiger partial charge in [-0.3, -0.25) is 14.4 Å². The van der Waals surface area contributed by atoms with Crippen LogP contribution < -0.4 is 19.9 Å². The van der Waals surface area contributed by atoms with Gasteiger partial charge < -0.3 is 34.2 Å². The highest BCUT2D eigenvalue weighted by molar-refractivity contribution is 5.73. The second-order valence-electron chi connectivity index (χ2n) is 10.6. The number of benzene rings is 3. The SMILES string of the molecule is NC(COCCC(=O)Oc1c(F)c(F)cc(F)c1F)(COCCC(=O)Oc1c(F)c(F)cc(F)c1F)COCCC(=O)Oc1c(F)c(F)cc(F)c1F. The smallest absolute Gasteiger partial charge is 0.313 e. The van der Waals surface area contributed by atoms with Crippen molar-refractivity contribution in [2.45, 2.75) is 24.8 Å². The monoisotopic (exact) mass is 781 g/mol. The fourth-order valence-electron chi connectivity index (χ4n) is 3.83. The predicted molar refractivity (Wildman–Crippen MR) is 149 cm³/mol. The number of carbonyl (C=O) groups is 3. The summed E-state index contributed by atoms with van der Waals surface area (Å²) in [4.78, 5) is 36.0. The third-order valence-corrected chi connectivity index (χ3v) is 6.38. The molecular weight excluding hydrogens is 758 g/mol. The average Bonchev–Trinajstić information content (AvgIpc) is 3.10. The number of rotatable bonds is 18. The zero-order chi connectivity index (χ0) is 39.6. The van der Waals surface area contributed by atoms with E-state index in [4.69, 9.17) is 19.9 Å². The zero-order valence-electron chi connectivity index (χ0n) is 26.4. The van der Waals surface area contributed by atoms with E-state index in [0.717, 1.165) is 0 Å². The lowest BCUT2D eigenvalue weighted by molar-refractivity contribution is -0.136. The molecule has 0 spiro atoms. The van der Waals surface area contributed by atoms with Crippen LogP contribution in [0.25, 0.3) is 0 Å². The second kappa shape index (κ2) is 18.7. The van der Waals surface area contributed by atoms with Crippen LogP contribution in [-0.4, -0.2) is 63.1 Å². The molecule has 22 heteroatoms. The van der Waals surface area contributed by atoms with E-state index in [2.05, 4.69) is 14.2 Å². The van der Waals surface area contributed by atoms with Gasteiger partial charge in [0, 0.05) is 18.2 Å². The quantitative estimate of drug-likeness (QED) is 0.0590. The van der Waals surface area contributed by atoms with Crippen LogP contribution in [0, 0.1) is 69.8 Å². The van der Waals surface area contributed by atoms with Gasteiger partial charge in [0.25, 0.3) is 0 Å². The fraction of sp³-hybridized carbons (Fsp3) is 0.323. The van der Waals surface area contributed by atoms with Gasteiger partial charge in [0.15, 0.2) is 34.9 Å². The van der Waals surface area contributed by atoms with Crippen molar-refractivity contribution in [1.29, 1.82) is 0 Å². The Kier molecular flexibility index (Phi) is 15.0. The van der Waals surface area contributed by atoms with Crippen molar-refractivity contribution in [1.82, 2.24) is 0 Å². The molecule has 0 aromatic heterocycles. The molecule has 53 heavy (non-hydrogen) atoms. The molecule has 0 fully saturated rings. The summed E-state index contributed by atoms with van der Waals surface area (Å²) in [5, 5.41) is 0. The summed E-state index contributed by atoms with van der Waals surface area (Å²) < 4.78 is 191. The molecule has 0 saturated carbocycles. The van der Waals surface area contributed by atoms with Gasteiger partial charge in [0.1, 0.15) is 0 Å². The maximum atomic E-state index is 13.8. The molecule has 2 N–H and O–H groups in total. The third-order valence-electron chi connectivity index (χ3n) is 6.38. The van der Waals surface area contributed by atoms with Gasteiger partial charge in [-0.05, 0) is 0 Å². The number of hydrogen-bond donors (Lipinski definition) is 1. The number of carbonyl (C=O) groups excluding carboxylic acids is 3. The van der Waals surface area contributed by atoms with E-state index in [1.807, 2.05) is 0 Å². The van der Waals surface area contributed by atoms with Gasteiger partial charge in [-0.15, -0.1) is 0 Å². The summed E-state index contributed by atoms with van der Waals surface area (Å²) in [6, 6.07) is -0.380. The molecule has 3 rings (SSSR count). The van der Waals surface area contributed by atoms with E-state index in [1.54, 1.807) is 0 Å². The number of ether oxygens (including phenoxy) is 6. The molecule has 0 radical (unpaired) electrons. The Morgan fingerprint density at radius 2 is 0.642 bits per heavy atom. The Bertz CT molecular complexity index is 1560. The van der Waals surface area contributed by atoms with E-state index in [9.17, 15) is 67.1 Å². The van der Waals surface area contributed by atoms with Crippen LogP contribution in [-0.2, 0) is 28.6 Å². The van der Waals surface area contributed by atoms with Gasteiger partial charge in [-0.25, -0.2) is 26.3 Å². The minimum absolute atomic E-state index is 0.127. The normalized spacial score (nSPS) is 11.5. The second-order valence-corrected chi connectivity index (χ2v) is 10.6. The van der Waals surface area contributed by atoms with E-state index in [1.165, 1.54) is 0 Å². The van der Waals surface area contributed by atoms with Gasteiger partial charge in [0.05, 0.1) is 64.4 Å². The Morgan fingerprint density at radius 1 is 0.434 bits per heavy atom. The van der Waals surface area contributed by atoms with Gasteiger partial charge in [0.2, 0.25) is 52.2 Å². The molecule has 0 atom stereocenters. The lowest BCUT2D eigenvalue weighted by atomic mass is 10.1. The molecule has 0 aliphatic rings. The van der Waals surface area contributed by atoms with Crippen LogP contribution in [0.15, 0.2) is 18.2 Å². The first-order valence-electron chi connectivity index (χ1n) is 14.5. The van der Waals surface area contributed by atoms with Crippen molar-refractivity contribution < 1.29 is 95.5 Å². The summed E-state index contributed by atoms with van der Waals surface area (Å²) in [6.07, 6.45) is -2.39. The fourth-order valence-corrected chi connectivity index (χ4v) is 3.83. The summed E-state index contributed by atoms with van der Waals surface area (Å²) in [5.74, 6) is -32.5. The summed E-state index contributed by atoms with van der Waals surface area (Å²) in [7, 11) is 0. The minimum atomic E-state index is -2.00. The van der Waals surface area contributed by atoms with Crippen LogP contribution in [0.5, 0.6) is 17.2 Å². The first kappa shape index (κ1) is 42.5. The lowest BCUT2D eigenvalue weighted by Crippen LogP contribution is -2.53. The van der Waals surface area contributed by atoms with Crippen LogP contribution in [0.3, 0.4) is 0 Å². The first-order chi connectivity index (χ1) is 24.8. The van der Waals surface area contributed by atoms with E-state index < -0.39 is 169 Å². The highest BCUT2D eigenvalue weighted by Crippen LogP contribution is 2.29. The molecule has 0 aliphatic heterocycles. The topological polar surface area (TPSA) is 133 Å². The highest BCUT2D eigenvalue weighted by atomic mass is 19.2. The molecule has 0 heterocycles. The van der Waals surface area contributed by atoms with Crippen molar-refractivity contribution in [2.24, 2.45) is 5.73 Å². The van der Waals surface area contributed by atoms with Crippen molar-refractivity contribution in [2.75, 3.05) is 39.6 Å². The molecule has 10 nitrogen and oxygen atoms in total. The summed E-state index contributed by atoms with van der Waals surface area (Å²) >= 11 is 0. The Labute approximate surface area is 289 Å². The lowest BCUT2D eigenvalue weighted by Gasteiger charge is -2.29. The average molecular weight is 781 g/mol. The van der Waals surface area contributed by atoms with Crippen LogP contribution in [0.2, 0.25) is 0 Å². The predicted octanol–water partition coefficient (Wildman–Crippen LogP) is 5.39. The molecular formula is C31H23F12NO9. The van der Waals surface area contributed by atoms with Crippen molar-refractivity contribution >= 4 is 17.9 Å². The van der Waals surface area contributed by atoms with Crippen molar-refractivity contribution in [3.8, 4) is 17.2 Å². The molecule has 0 bridgehead atoms. The van der Waals surface area contributed by atoms with E-state index in [0.29, 0.717) is 0 Å². The maximum absolute atomic E-state index is 13.8. The van der Waals surface area contributed by atoms with Gasteiger partial charge >= 0.3 is 17.9 Å². The molecule has 3 aromatic carbocycles. The Morgan fingerprint density at radius 3 is 0.849 bits per heavy atom. The molecule has 0 saturated heterocycles. The van der Waals surface area contributed by atoms with Gasteiger partial charge in [-0.1, -0.05) is 0 Å². The Hall–Kier alpha value is -4.93. The van der Waals surface area contributed by atoms with Crippen LogP contribution in [0.4, 0.5) is 52.7 Å². The third kappa shape index (κ3) is 11.5. The van der Waals surface area contributed by atoms with Crippen LogP contribution >= 0.6 is 0 Å². The zero-order valence-corrected chi connectivity index (χ0v) is 26.4.